The smallest absolute Gasteiger partial charge is 0.311 e. The summed E-state index contributed by atoms with van der Waals surface area (Å²) in [6, 6.07) is 5.26. The zero-order chi connectivity index (χ0) is 15.5. The summed E-state index contributed by atoms with van der Waals surface area (Å²) < 4.78 is 10.3. The minimum absolute atomic E-state index is 0.177. The van der Waals surface area contributed by atoms with Crippen molar-refractivity contribution in [2.75, 3.05) is 20.8 Å². The summed E-state index contributed by atoms with van der Waals surface area (Å²) in [5.41, 5.74) is 0.0399. The van der Waals surface area contributed by atoms with Gasteiger partial charge in [0.1, 0.15) is 0 Å². The monoisotopic (exact) mass is 293 g/mol. The second-order valence-electron chi connectivity index (χ2n) is 5.23. The van der Waals surface area contributed by atoms with E-state index in [0.29, 0.717) is 24.3 Å². The molecule has 6 nitrogen and oxygen atoms in total. The van der Waals surface area contributed by atoms with E-state index in [1.165, 1.54) is 7.11 Å². The maximum Gasteiger partial charge on any atom is 0.311 e. The van der Waals surface area contributed by atoms with Crippen LogP contribution in [0.1, 0.15) is 18.4 Å². The number of benzene rings is 1. The number of hydrogen-bond donors (Lipinski definition) is 2. The molecule has 0 unspecified atom stereocenters. The van der Waals surface area contributed by atoms with Gasteiger partial charge in [-0.25, -0.2) is 0 Å². The Labute approximate surface area is 123 Å². The van der Waals surface area contributed by atoms with E-state index in [-0.39, 0.29) is 18.9 Å². The van der Waals surface area contributed by atoms with Crippen molar-refractivity contribution in [3.05, 3.63) is 23.8 Å². The quantitative estimate of drug-likeness (QED) is 0.789. The number of carboxylic acids is 1. The number of carboxylic acid groups (broad SMARTS) is 1. The number of rotatable bonds is 7. The summed E-state index contributed by atoms with van der Waals surface area (Å²) >= 11 is 0. The van der Waals surface area contributed by atoms with Crippen LogP contribution < -0.4 is 14.8 Å². The Kier molecular flexibility index (Phi) is 4.35. The molecule has 2 N–H and O–H groups in total. The Morgan fingerprint density at radius 2 is 1.90 bits per heavy atom. The fourth-order valence-electron chi connectivity index (χ4n) is 2.12. The predicted molar refractivity (Wildman–Crippen MR) is 75.6 cm³/mol. The van der Waals surface area contributed by atoms with Crippen LogP contribution >= 0.6 is 0 Å². The van der Waals surface area contributed by atoms with E-state index >= 15 is 0 Å². The highest BCUT2D eigenvalue weighted by Gasteiger charge is 2.50. The third-order valence-corrected chi connectivity index (χ3v) is 3.74. The Bertz CT molecular complexity index is 551. The highest BCUT2D eigenvalue weighted by Crippen LogP contribution is 2.45. The average molecular weight is 293 g/mol. The Morgan fingerprint density at radius 1 is 1.24 bits per heavy atom. The van der Waals surface area contributed by atoms with E-state index in [1.54, 1.807) is 25.3 Å². The number of hydrogen-bond acceptors (Lipinski definition) is 4. The molecule has 1 aromatic carbocycles. The van der Waals surface area contributed by atoms with Crippen LogP contribution in [0.2, 0.25) is 0 Å². The first-order valence-corrected chi connectivity index (χ1v) is 6.72. The lowest BCUT2D eigenvalue weighted by molar-refractivity contribution is -0.143. The maximum atomic E-state index is 11.9. The average Bonchev–Trinajstić information content (AvgIpc) is 3.26. The van der Waals surface area contributed by atoms with Crippen molar-refractivity contribution in [1.29, 1.82) is 0 Å². The lowest BCUT2D eigenvalue weighted by Gasteiger charge is -2.12. The summed E-state index contributed by atoms with van der Waals surface area (Å²) in [4.78, 5) is 22.9. The Balaban J connectivity index is 1.92. The molecule has 0 spiro atoms. The summed E-state index contributed by atoms with van der Waals surface area (Å²) in [5.74, 6) is 0.125. The van der Waals surface area contributed by atoms with Crippen molar-refractivity contribution in [3.8, 4) is 11.5 Å². The fourth-order valence-corrected chi connectivity index (χ4v) is 2.12. The molecule has 2 rings (SSSR count). The molecule has 0 aliphatic heterocycles. The van der Waals surface area contributed by atoms with Crippen LogP contribution in [0.5, 0.6) is 11.5 Å². The summed E-state index contributed by atoms with van der Waals surface area (Å²) in [6.07, 6.45) is 1.42. The van der Waals surface area contributed by atoms with Crippen LogP contribution in [-0.2, 0) is 16.0 Å². The second-order valence-corrected chi connectivity index (χ2v) is 5.23. The molecule has 1 aliphatic carbocycles. The lowest BCUT2D eigenvalue weighted by Crippen LogP contribution is -2.35. The van der Waals surface area contributed by atoms with Crippen LogP contribution in [0.15, 0.2) is 18.2 Å². The van der Waals surface area contributed by atoms with Gasteiger partial charge in [0.15, 0.2) is 11.5 Å². The van der Waals surface area contributed by atoms with Crippen molar-refractivity contribution in [2.45, 2.75) is 19.3 Å². The first-order valence-electron chi connectivity index (χ1n) is 6.72. The van der Waals surface area contributed by atoms with Gasteiger partial charge in [0.2, 0.25) is 5.91 Å². The third kappa shape index (κ3) is 3.45. The van der Waals surface area contributed by atoms with Crippen LogP contribution in [0, 0.1) is 5.41 Å². The predicted octanol–water partition coefficient (Wildman–Crippen LogP) is 1.23. The van der Waals surface area contributed by atoms with E-state index in [2.05, 4.69) is 5.32 Å². The topological polar surface area (TPSA) is 84.9 Å². The number of carbonyl (C=O) groups excluding carboxylic acids is 1. The number of aliphatic carboxylic acids is 1. The van der Waals surface area contributed by atoms with Crippen molar-refractivity contribution >= 4 is 11.9 Å². The van der Waals surface area contributed by atoms with Crippen molar-refractivity contribution in [2.24, 2.45) is 5.41 Å². The maximum absolute atomic E-state index is 11.9. The van der Waals surface area contributed by atoms with Crippen molar-refractivity contribution < 1.29 is 24.2 Å². The van der Waals surface area contributed by atoms with Crippen molar-refractivity contribution in [3.63, 3.8) is 0 Å². The SMILES string of the molecule is COc1ccc(CC(=O)NCC2(C(=O)O)CC2)cc1OC. The Morgan fingerprint density at radius 3 is 2.43 bits per heavy atom. The van der Waals surface area contributed by atoms with Gasteiger partial charge in [-0.15, -0.1) is 0 Å². The molecule has 114 valence electrons. The van der Waals surface area contributed by atoms with Crippen LogP contribution in [0.4, 0.5) is 0 Å². The fraction of sp³-hybridized carbons (Fsp3) is 0.467. The third-order valence-electron chi connectivity index (χ3n) is 3.74. The van der Waals surface area contributed by atoms with Crippen LogP contribution in [-0.4, -0.2) is 37.7 Å². The van der Waals surface area contributed by atoms with E-state index in [1.807, 2.05) is 0 Å². The number of amides is 1. The molecule has 1 amide bonds. The summed E-state index contributed by atoms with van der Waals surface area (Å²) in [7, 11) is 3.08. The molecule has 0 radical (unpaired) electrons. The molecular formula is C15H19NO5. The molecule has 1 aliphatic rings. The molecule has 0 bridgehead atoms. The van der Waals surface area contributed by atoms with E-state index in [9.17, 15) is 9.59 Å². The molecule has 1 fully saturated rings. The molecular weight excluding hydrogens is 274 g/mol. The van der Waals surface area contributed by atoms with Gasteiger partial charge < -0.3 is 19.9 Å². The second kappa shape index (κ2) is 6.03. The molecule has 0 saturated heterocycles. The minimum Gasteiger partial charge on any atom is -0.493 e. The van der Waals surface area contributed by atoms with Crippen molar-refractivity contribution in [1.82, 2.24) is 5.32 Å². The molecule has 21 heavy (non-hydrogen) atoms. The first kappa shape index (κ1) is 15.2. The normalized spacial score (nSPS) is 15.1. The van der Waals surface area contributed by atoms with Gasteiger partial charge in [-0.1, -0.05) is 6.07 Å². The first-order chi connectivity index (χ1) is 10.0. The summed E-state index contributed by atoms with van der Waals surface area (Å²) in [5, 5.41) is 11.7. The van der Waals surface area contributed by atoms with Gasteiger partial charge in [0.25, 0.3) is 0 Å². The van der Waals surface area contributed by atoms with Crippen LogP contribution in [0.3, 0.4) is 0 Å². The molecule has 0 atom stereocenters. The van der Waals surface area contributed by atoms with Gasteiger partial charge in [-0.05, 0) is 30.5 Å². The highest BCUT2D eigenvalue weighted by molar-refractivity contribution is 5.82. The van der Waals surface area contributed by atoms with Gasteiger partial charge in [-0.3, -0.25) is 9.59 Å². The molecule has 1 aromatic rings. The number of ether oxygens (including phenoxy) is 2. The molecule has 0 aromatic heterocycles. The van der Waals surface area contributed by atoms with E-state index in [0.717, 1.165) is 5.56 Å². The number of methoxy groups -OCH3 is 2. The van der Waals surface area contributed by atoms with E-state index in [4.69, 9.17) is 14.6 Å². The molecule has 6 heteroatoms. The molecule has 0 heterocycles. The van der Waals surface area contributed by atoms with Gasteiger partial charge in [0, 0.05) is 6.54 Å². The minimum atomic E-state index is -0.839. The lowest BCUT2D eigenvalue weighted by atomic mass is 10.1. The zero-order valence-corrected chi connectivity index (χ0v) is 12.1. The van der Waals surface area contributed by atoms with Gasteiger partial charge in [0.05, 0.1) is 26.1 Å². The zero-order valence-electron chi connectivity index (χ0n) is 12.1. The largest absolute Gasteiger partial charge is 0.493 e. The highest BCUT2D eigenvalue weighted by atomic mass is 16.5. The van der Waals surface area contributed by atoms with Gasteiger partial charge >= 0.3 is 5.97 Å². The van der Waals surface area contributed by atoms with Gasteiger partial charge in [-0.2, -0.15) is 0 Å². The number of nitrogens with one attached hydrogen (secondary N) is 1. The van der Waals surface area contributed by atoms with Crippen LogP contribution in [0.25, 0.3) is 0 Å². The summed E-state index contributed by atoms with van der Waals surface area (Å²) in [6.45, 7) is 0.189. The molecule has 1 saturated carbocycles. The standard InChI is InChI=1S/C15H19NO5/c1-20-11-4-3-10(7-12(11)21-2)8-13(17)16-9-15(5-6-15)14(18)19/h3-4,7H,5-6,8-9H2,1-2H3,(H,16,17)(H,18,19). The Hall–Kier alpha value is -2.24. The number of carbonyl (C=O) groups is 2. The van der Waals surface area contributed by atoms with E-state index < -0.39 is 11.4 Å².